The standard InChI is InChI=1S/C14H21NO3S/c16-12(17)7-10-9-19-6-5-15(10)13(18)11-8-14(11)3-1-2-4-14/h10-11H,1-9H2,(H,16,17). The van der Waals surface area contributed by atoms with Gasteiger partial charge >= 0.3 is 5.97 Å². The van der Waals surface area contributed by atoms with E-state index in [1.165, 1.54) is 25.7 Å². The van der Waals surface area contributed by atoms with Gasteiger partial charge in [0.15, 0.2) is 0 Å². The molecule has 1 aliphatic heterocycles. The quantitative estimate of drug-likeness (QED) is 0.860. The summed E-state index contributed by atoms with van der Waals surface area (Å²) in [6.07, 6.45) is 6.08. The Morgan fingerprint density at radius 3 is 2.74 bits per heavy atom. The van der Waals surface area contributed by atoms with E-state index in [0.717, 1.165) is 24.5 Å². The number of rotatable bonds is 3. The summed E-state index contributed by atoms with van der Waals surface area (Å²) in [5.41, 5.74) is 0.315. The van der Waals surface area contributed by atoms with Crippen molar-refractivity contribution in [2.45, 2.75) is 44.6 Å². The Balaban J connectivity index is 1.66. The third kappa shape index (κ3) is 2.49. The Morgan fingerprint density at radius 1 is 1.32 bits per heavy atom. The minimum absolute atomic E-state index is 0.0946. The van der Waals surface area contributed by atoms with Gasteiger partial charge in [0.25, 0.3) is 0 Å². The number of nitrogens with zero attached hydrogens (tertiary/aromatic N) is 1. The molecule has 4 nitrogen and oxygen atoms in total. The molecule has 3 aliphatic rings. The van der Waals surface area contributed by atoms with E-state index < -0.39 is 5.97 Å². The molecule has 0 aromatic carbocycles. The van der Waals surface area contributed by atoms with E-state index in [2.05, 4.69) is 0 Å². The average molecular weight is 283 g/mol. The fourth-order valence-corrected chi connectivity index (χ4v) is 4.91. The van der Waals surface area contributed by atoms with Gasteiger partial charge in [-0.25, -0.2) is 0 Å². The van der Waals surface area contributed by atoms with Crippen LogP contribution < -0.4 is 0 Å². The molecular formula is C14H21NO3S. The molecule has 0 aromatic rings. The zero-order chi connectivity index (χ0) is 13.5. The number of thioether (sulfide) groups is 1. The summed E-state index contributed by atoms with van der Waals surface area (Å²) in [5, 5.41) is 8.98. The van der Waals surface area contributed by atoms with Gasteiger partial charge in [-0.1, -0.05) is 12.8 Å². The first-order valence-corrected chi connectivity index (χ1v) is 8.38. The lowest BCUT2D eigenvalue weighted by atomic mass is 10.0. The summed E-state index contributed by atoms with van der Waals surface area (Å²) in [5.74, 6) is 1.37. The van der Waals surface area contributed by atoms with Crippen LogP contribution in [-0.2, 0) is 9.59 Å². The van der Waals surface area contributed by atoms with Crippen molar-refractivity contribution in [1.82, 2.24) is 4.90 Å². The molecule has 19 heavy (non-hydrogen) atoms. The summed E-state index contributed by atoms with van der Waals surface area (Å²) in [6, 6.07) is -0.0946. The molecule has 2 unspecified atom stereocenters. The topological polar surface area (TPSA) is 57.6 Å². The number of hydrogen-bond acceptors (Lipinski definition) is 3. The monoisotopic (exact) mass is 283 g/mol. The van der Waals surface area contributed by atoms with Crippen LogP contribution in [0.1, 0.15) is 38.5 Å². The summed E-state index contributed by atoms with van der Waals surface area (Å²) in [4.78, 5) is 25.4. The van der Waals surface area contributed by atoms with Crippen LogP contribution >= 0.6 is 11.8 Å². The highest BCUT2D eigenvalue weighted by atomic mass is 32.2. The molecule has 2 atom stereocenters. The molecule has 1 spiro atoms. The summed E-state index contributed by atoms with van der Waals surface area (Å²) < 4.78 is 0. The van der Waals surface area contributed by atoms with E-state index in [1.807, 2.05) is 4.90 Å². The number of carbonyl (C=O) groups is 2. The van der Waals surface area contributed by atoms with Gasteiger partial charge in [-0.2, -0.15) is 11.8 Å². The SMILES string of the molecule is O=C(O)CC1CSCCN1C(=O)C1CC12CCCC2. The highest BCUT2D eigenvalue weighted by molar-refractivity contribution is 7.99. The normalized spacial score (nSPS) is 32.5. The van der Waals surface area contributed by atoms with E-state index in [1.54, 1.807) is 11.8 Å². The minimum atomic E-state index is -0.795. The molecule has 1 amide bonds. The van der Waals surface area contributed by atoms with Crippen molar-refractivity contribution in [1.29, 1.82) is 0 Å². The Morgan fingerprint density at radius 2 is 2.05 bits per heavy atom. The number of carbonyl (C=O) groups excluding carboxylic acids is 1. The van der Waals surface area contributed by atoms with Crippen LogP contribution in [0.5, 0.6) is 0 Å². The van der Waals surface area contributed by atoms with E-state index in [9.17, 15) is 9.59 Å². The third-order valence-corrected chi connectivity index (χ3v) is 6.10. The van der Waals surface area contributed by atoms with Gasteiger partial charge in [-0.3, -0.25) is 9.59 Å². The van der Waals surface area contributed by atoms with Crippen molar-refractivity contribution >= 4 is 23.6 Å². The largest absolute Gasteiger partial charge is 0.481 e. The number of carboxylic acids is 1. The van der Waals surface area contributed by atoms with Crippen LogP contribution in [0.25, 0.3) is 0 Å². The van der Waals surface area contributed by atoms with Crippen molar-refractivity contribution in [2.24, 2.45) is 11.3 Å². The van der Waals surface area contributed by atoms with Gasteiger partial charge < -0.3 is 10.0 Å². The number of hydrogen-bond donors (Lipinski definition) is 1. The van der Waals surface area contributed by atoms with Crippen LogP contribution in [-0.4, -0.2) is 46.0 Å². The van der Waals surface area contributed by atoms with Crippen molar-refractivity contribution < 1.29 is 14.7 Å². The van der Waals surface area contributed by atoms with E-state index in [4.69, 9.17) is 5.11 Å². The number of amides is 1. The van der Waals surface area contributed by atoms with Crippen molar-refractivity contribution in [3.63, 3.8) is 0 Å². The van der Waals surface area contributed by atoms with Gasteiger partial charge in [0, 0.05) is 24.0 Å². The van der Waals surface area contributed by atoms with Gasteiger partial charge in [0.1, 0.15) is 0 Å². The number of carboxylic acid groups (broad SMARTS) is 1. The molecule has 3 fully saturated rings. The molecular weight excluding hydrogens is 262 g/mol. The van der Waals surface area contributed by atoms with Crippen molar-refractivity contribution in [3.8, 4) is 0 Å². The molecule has 0 aromatic heterocycles. The highest BCUT2D eigenvalue weighted by Crippen LogP contribution is 2.63. The minimum Gasteiger partial charge on any atom is -0.481 e. The predicted molar refractivity (Wildman–Crippen MR) is 74.1 cm³/mol. The van der Waals surface area contributed by atoms with Gasteiger partial charge in [-0.15, -0.1) is 0 Å². The smallest absolute Gasteiger partial charge is 0.305 e. The second kappa shape index (κ2) is 5.00. The molecule has 2 saturated carbocycles. The Hall–Kier alpha value is -0.710. The van der Waals surface area contributed by atoms with Crippen LogP contribution in [0, 0.1) is 11.3 Å². The summed E-state index contributed by atoms with van der Waals surface area (Å²) in [6.45, 7) is 0.730. The zero-order valence-electron chi connectivity index (χ0n) is 11.1. The fraction of sp³-hybridized carbons (Fsp3) is 0.857. The average Bonchev–Trinajstić information content (AvgIpc) is 2.86. The molecule has 106 valence electrons. The second-order valence-corrected chi connectivity index (χ2v) is 7.33. The van der Waals surface area contributed by atoms with E-state index in [-0.39, 0.29) is 24.3 Å². The maximum Gasteiger partial charge on any atom is 0.305 e. The maximum absolute atomic E-state index is 12.6. The van der Waals surface area contributed by atoms with Crippen molar-refractivity contribution in [3.05, 3.63) is 0 Å². The Kier molecular flexibility index (Phi) is 3.50. The van der Waals surface area contributed by atoms with Crippen LogP contribution in [0.4, 0.5) is 0 Å². The number of aliphatic carboxylic acids is 1. The molecule has 1 N–H and O–H groups in total. The first-order valence-electron chi connectivity index (χ1n) is 7.22. The lowest BCUT2D eigenvalue weighted by molar-refractivity contribution is -0.141. The summed E-state index contributed by atoms with van der Waals surface area (Å²) >= 11 is 1.76. The molecule has 1 saturated heterocycles. The first-order chi connectivity index (χ1) is 9.12. The predicted octanol–water partition coefficient (Wildman–Crippen LogP) is 1.99. The second-order valence-electron chi connectivity index (χ2n) is 6.18. The van der Waals surface area contributed by atoms with Crippen molar-refractivity contribution in [2.75, 3.05) is 18.1 Å². The lowest BCUT2D eigenvalue weighted by Gasteiger charge is -2.35. The third-order valence-electron chi connectivity index (χ3n) is 5.01. The molecule has 3 rings (SSSR count). The van der Waals surface area contributed by atoms with Crippen LogP contribution in [0.2, 0.25) is 0 Å². The zero-order valence-corrected chi connectivity index (χ0v) is 12.0. The first kappa shape index (κ1) is 13.3. The van der Waals surface area contributed by atoms with Gasteiger partial charge in [0.2, 0.25) is 5.91 Å². The molecule has 5 heteroatoms. The molecule has 1 heterocycles. The summed E-state index contributed by atoms with van der Waals surface area (Å²) in [7, 11) is 0. The Labute approximate surface area is 117 Å². The van der Waals surface area contributed by atoms with Gasteiger partial charge in [-0.05, 0) is 24.7 Å². The Bertz CT molecular complexity index is 392. The molecule has 0 bridgehead atoms. The lowest BCUT2D eigenvalue weighted by Crippen LogP contribution is -2.48. The fourth-order valence-electron chi connectivity index (χ4n) is 3.84. The van der Waals surface area contributed by atoms with Crippen LogP contribution in [0.3, 0.4) is 0 Å². The van der Waals surface area contributed by atoms with Crippen LogP contribution in [0.15, 0.2) is 0 Å². The molecule has 2 aliphatic carbocycles. The highest BCUT2D eigenvalue weighted by Gasteiger charge is 2.59. The molecule has 0 radical (unpaired) electrons. The van der Waals surface area contributed by atoms with E-state index >= 15 is 0 Å². The van der Waals surface area contributed by atoms with Gasteiger partial charge in [0.05, 0.1) is 12.5 Å². The maximum atomic E-state index is 12.6. The van der Waals surface area contributed by atoms with E-state index in [0.29, 0.717) is 5.41 Å².